The Morgan fingerprint density at radius 1 is 1.52 bits per heavy atom. The molecule has 1 aromatic carbocycles. The zero-order valence-electron chi connectivity index (χ0n) is 12.8. The number of carbonyl (C=O) groups is 1. The number of halogens is 1. The zero-order chi connectivity index (χ0) is 15.7. The quantitative estimate of drug-likeness (QED) is 0.878. The Labute approximate surface area is 131 Å². The van der Waals surface area contributed by atoms with Gasteiger partial charge < -0.3 is 15.8 Å². The highest BCUT2D eigenvalue weighted by Crippen LogP contribution is 2.49. The van der Waals surface area contributed by atoms with Crippen LogP contribution >= 0.6 is 11.6 Å². The largest absolute Gasteiger partial charge is 0.378 e. The van der Waals surface area contributed by atoms with Crippen molar-refractivity contribution in [3.8, 4) is 0 Å². The van der Waals surface area contributed by atoms with E-state index in [0.717, 1.165) is 5.56 Å². The topological polar surface area (TPSA) is 64.3 Å². The summed E-state index contributed by atoms with van der Waals surface area (Å²) in [7, 11) is 0. The maximum absolute atomic E-state index is 12.4. The van der Waals surface area contributed by atoms with Gasteiger partial charge in [0.15, 0.2) is 0 Å². The van der Waals surface area contributed by atoms with Gasteiger partial charge in [-0.25, -0.2) is 0 Å². The Morgan fingerprint density at radius 3 is 2.81 bits per heavy atom. The van der Waals surface area contributed by atoms with Crippen LogP contribution in [0.15, 0.2) is 24.3 Å². The van der Waals surface area contributed by atoms with Crippen LogP contribution in [-0.2, 0) is 16.1 Å². The monoisotopic (exact) mass is 310 g/mol. The molecule has 2 unspecified atom stereocenters. The molecule has 0 aromatic heterocycles. The van der Waals surface area contributed by atoms with Crippen molar-refractivity contribution in [1.29, 1.82) is 0 Å². The first kappa shape index (κ1) is 16.3. The van der Waals surface area contributed by atoms with Gasteiger partial charge in [-0.2, -0.15) is 0 Å². The van der Waals surface area contributed by atoms with Crippen LogP contribution in [0.3, 0.4) is 0 Å². The number of amides is 1. The van der Waals surface area contributed by atoms with Crippen LogP contribution in [-0.4, -0.2) is 24.2 Å². The molecule has 3 N–H and O–H groups in total. The van der Waals surface area contributed by atoms with Crippen LogP contribution in [0.5, 0.6) is 0 Å². The molecule has 21 heavy (non-hydrogen) atoms. The number of rotatable bonds is 5. The summed E-state index contributed by atoms with van der Waals surface area (Å²) in [5.74, 6) is -0.136. The molecule has 1 amide bonds. The smallest absolute Gasteiger partial charge is 0.241 e. The predicted molar refractivity (Wildman–Crippen MR) is 84.0 cm³/mol. The Bertz CT molecular complexity index is 533. The normalized spacial score (nSPS) is 27.0. The Balaban J connectivity index is 1.98. The maximum atomic E-state index is 12.4. The van der Waals surface area contributed by atoms with Crippen molar-refractivity contribution >= 4 is 17.5 Å². The summed E-state index contributed by atoms with van der Waals surface area (Å²) < 4.78 is 5.64. The van der Waals surface area contributed by atoms with Crippen LogP contribution in [0.1, 0.15) is 32.8 Å². The van der Waals surface area contributed by atoms with Gasteiger partial charge in [-0.05, 0) is 24.6 Å². The molecule has 0 aliphatic heterocycles. The van der Waals surface area contributed by atoms with E-state index in [1.165, 1.54) is 0 Å². The minimum absolute atomic E-state index is 0.0319. The SMILES string of the molecule is CCOC1CC(N)(C(=O)NCc2cccc(Cl)c2)C1(C)C. The summed E-state index contributed by atoms with van der Waals surface area (Å²) in [5.41, 5.74) is 6.02. The van der Waals surface area contributed by atoms with E-state index in [1.807, 2.05) is 39.0 Å². The van der Waals surface area contributed by atoms with Crippen molar-refractivity contribution in [1.82, 2.24) is 5.32 Å². The van der Waals surface area contributed by atoms with E-state index in [2.05, 4.69) is 5.32 Å². The molecule has 0 bridgehead atoms. The summed E-state index contributed by atoms with van der Waals surface area (Å²) in [6.07, 6.45) is 0.583. The average molecular weight is 311 g/mol. The second-order valence-corrected chi connectivity index (χ2v) is 6.59. The number of nitrogens with two attached hydrogens (primary N) is 1. The van der Waals surface area contributed by atoms with Gasteiger partial charge in [-0.15, -0.1) is 0 Å². The highest BCUT2D eigenvalue weighted by Gasteiger charge is 2.62. The van der Waals surface area contributed by atoms with Gasteiger partial charge in [0.25, 0.3) is 0 Å². The van der Waals surface area contributed by atoms with Crippen molar-refractivity contribution < 1.29 is 9.53 Å². The lowest BCUT2D eigenvalue weighted by Gasteiger charge is -2.57. The van der Waals surface area contributed by atoms with Gasteiger partial charge >= 0.3 is 0 Å². The van der Waals surface area contributed by atoms with Gasteiger partial charge in [0, 0.05) is 30.0 Å². The molecule has 1 fully saturated rings. The van der Waals surface area contributed by atoms with E-state index >= 15 is 0 Å². The standard InChI is InChI=1S/C16H23ClN2O2/c1-4-21-13-9-16(18,15(13,2)3)14(20)19-10-11-6-5-7-12(17)8-11/h5-8,13H,4,9-10,18H2,1-3H3,(H,19,20). The number of benzene rings is 1. The maximum Gasteiger partial charge on any atom is 0.241 e. The van der Waals surface area contributed by atoms with Gasteiger partial charge in [0.2, 0.25) is 5.91 Å². The minimum atomic E-state index is -0.884. The van der Waals surface area contributed by atoms with Crippen molar-refractivity contribution in [3.05, 3.63) is 34.9 Å². The average Bonchev–Trinajstić information content (AvgIpc) is 2.44. The Kier molecular flexibility index (Phi) is 4.61. The fourth-order valence-electron chi connectivity index (χ4n) is 2.81. The molecule has 0 heterocycles. The number of hydrogen-bond donors (Lipinski definition) is 2. The van der Waals surface area contributed by atoms with E-state index in [9.17, 15) is 4.79 Å². The number of carbonyl (C=O) groups excluding carboxylic acids is 1. The summed E-state index contributed by atoms with van der Waals surface area (Å²) in [6.45, 7) is 6.97. The third-order valence-electron chi connectivity index (χ3n) is 4.58. The fraction of sp³-hybridized carbons (Fsp3) is 0.562. The molecule has 116 valence electrons. The molecule has 1 aliphatic rings. The van der Waals surface area contributed by atoms with Crippen molar-refractivity contribution in [3.63, 3.8) is 0 Å². The minimum Gasteiger partial charge on any atom is -0.378 e. The lowest BCUT2D eigenvalue weighted by atomic mass is 9.54. The number of nitrogens with one attached hydrogen (secondary N) is 1. The zero-order valence-corrected chi connectivity index (χ0v) is 13.5. The van der Waals surface area contributed by atoms with Crippen LogP contribution < -0.4 is 11.1 Å². The molecular weight excluding hydrogens is 288 g/mol. The first-order chi connectivity index (χ1) is 9.81. The van der Waals surface area contributed by atoms with Crippen molar-refractivity contribution in [2.75, 3.05) is 6.61 Å². The van der Waals surface area contributed by atoms with Crippen LogP contribution in [0.4, 0.5) is 0 Å². The van der Waals surface area contributed by atoms with Gasteiger partial charge in [-0.1, -0.05) is 37.6 Å². The van der Waals surface area contributed by atoms with E-state index in [0.29, 0.717) is 24.6 Å². The molecule has 1 aliphatic carbocycles. The molecule has 5 heteroatoms. The van der Waals surface area contributed by atoms with Gasteiger partial charge in [0.1, 0.15) is 5.54 Å². The van der Waals surface area contributed by atoms with Crippen LogP contribution in [0, 0.1) is 5.41 Å². The van der Waals surface area contributed by atoms with Gasteiger partial charge in [0.05, 0.1) is 6.10 Å². The first-order valence-corrected chi connectivity index (χ1v) is 7.62. The van der Waals surface area contributed by atoms with E-state index < -0.39 is 5.54 Å². The van der Waals surface area contributed by atoms with E-state index in [1.54, 1.807) is 6.07 Å². The molecule has 1 aromatic rings. The fourth-order valence-corrected chi connectivity index (χ4v) is 3.02. The summed E-state index contributed by atoms with van der Waals surface area (Å²) in [5, 5.41) is 3.57. The molecule has 0 spiro atoms. The summed E-state index contributed by atoms with van der Waals surface area (Å²) >= 11 is 5.93. The molecule has 2 atom stereocenters. The van der Waals surface area contributed by atoms with Crippen LogP contribution in [0.2, 0.25) is 5.02 Å². The summed E-state index contributed by atoms with van der Waals surface area (Å²) in [4.78, 5) is 12.4. The third-order valence-corrected chi connectivity index (χ3v) is 4.81. The number of hydrogen-bond acceptors (Lipinski definition) is 3. The highest BCUT2D eigenvalue weighted by molar-refractivity contribution is 6.30. The van der Waals surface area contributed by atoms with Crippen molar-refractivity contribution in [2.24, 2.45) is 11.1 Å². The molecule has 0 saturated heterocycles. The number of ether oxygens (including phenoxy) is 1. The van der Waals surface area contributed by atoms with Crippen LogP contribution in [0.25, 0.3) is 0 Å². The molecule has 2 rings (SSSR count). The summed E-state index contributed by atoms with van der Waals surface area (Å²) in [6, 6.07) is 7.42. The molecular formula is C16H23ClN2O2. The van der Waals surface area contributed by atoms with E-state index in [-0.39, 0.29) is 17.4 Å². The Hall–Kier alpha value is -1.10. The Morgan fingerprint density at radius 2 is 2.24 bits per heavy atom. The lowest BCUT2D eigenvalue weighted by molar-refractivity contribution is -0.170. The second kappa shape index (κ2) is 5.95. The predicted octanol–water partition coefficient (Wildman–Crippen LogP) is 2.49. The molecule has 4 nitrogen and oxygen atoms in total. The van der Waals surface area contributed by atoms with Gasteiger partial charge in [-0.3, -0.25) is 4.79 Å². The molecule has 0 radical (unpaired) electrons. The highest BCUT2D eigenvalue weighted by atomic mass is 35.5. The third kappa shape index (κ3) is 2.93. The first-order valence-electron chi connectivity index (χ1n) is 7.24. The second-order valence-electron chi connectivity index (χ2n) is 6.15. The molecule has 1 saturated carbocycles. The van der Waals surface area contributed by atoms with Crippen molar-refractivity contribution in [2.45, 2.75) is 45.4 Å². The van der Waals surface area contributed by atoms with E-state index in [4.69, 9.17) is 22.1 Å². The lowest BCUT2D eigenvalue weighted by Crippen LogP contribution is -2.75.